The SMILES string of the molecule is Fc1cccc(CNCC(F)F)c1F. The van der Waals surface area contributed by atoms with Crippen LogP contribution in [0.2, 0.25) is 0 Å². The number of nitrogens with one attached hydrogen (secondary N) is 1. The van der Waals surface area contributed by atoms with Crippen LogP contribution >= 0.6 is 0 Å². The van der Waals surface area contributed by atoms with E-state index < -0.39 is 24.6 Å². The van der Waals surface area contributed by atoms with Gasteiger partial charge in [0.15, 0.2) is 11.6 Å². The van der Waals surface area contributed by atoms with Gasteiger partial charge < -0.3 is 5.32 Å². The van der Waals surface area contributed by atoms with Crippen molar-refractivity contribution in [2.24, 2.45) is 0 Å². The molecule has 0 aliphatic heterocycles. The smallest absolute Gasteiger partial charge is 0.250 e. The Bertz CT molecular complexity index is 301. The van der Waals surface area contributed by atoms with Gasteiger partial charge in [-0.25, -0.2) is 17.6 Å². The summed E-state index contributed by atoms with van der Waals surface area (Å²) in [7, 11) is 0. The molecule has 1 N–H and O–H groups in total. The van der Waals surface area contributed by atoms with Gasteiger partial charge in [-0.3, -0.25) is 0 Å². The average molecular weight is 207 g/mol. The third kappa shape index (κ3) is 2.99. The zero-order valence-corrected chi connectivity index (χ0v) is 7.24. The third-order valence-corrected chi connectivity index (χ3v) is 1.65. The molecular weight excluding hydrogens is 198 g/mol. The maximum atomic E-state index is 12.9. The molecule has 0 radical (unpaired) electrons. The second-order valence-electron chi connectivity index (χ2n) is 2.73. The monoisotopic (exact) mass is 207 g/mol. The van der Waals surface area contributed by atoms with Gasteiger partial charge in [-0.15, -0.1) is 0 Å². The van der Waals surface area contributed by atoms with Gasteiger partial charge in [0.05, 0.1) is 6.54 Å². The first kappa shape index (κ1) is 11.0. The average Bonchev–Trinajstić information content (AvgIpc) is 2.12. The van der Waals surface area contributed by atoms with E-state index in [9.17, 15) is 17.6 Å². The van der Waals surface area contributed by atoms with Crippen molar-refractivity contribution in [2.75, 3.05) is 6.54 Å². The van der Waals surface area contributed by atoms with Crippen LogP contribution in [0.25, 0.3) is 0 Å². The highest BCUT2D eigenvalue weighted by Crippen LogP contribution is 2.10. The molecule has 0 fully saturated rings. The van der Waals surface area contributed by atoms with Crippen molar-refractivity contribution in [3.63, 3.8) is 0 Å². The summed E-state index contributed by atoms with van der Waals surface area (Å²) in [5.74, 6) is -1.96. The van der Waals surface area contributed by atoms with E-state index in [0.717, 1.165) is 6.07 Å². The van der Waals surface area contributed by atoms with Gasteiger partial charge >= 0.3 is 0 Å². The predicted molar refractivity (Wildman–Crippen MR) is 44.1 cm³/mol. The summed E-state index contributed by atoms with van der Waals surface area (Å²) in [5.41, 5.74) is 0.0469. The van der Waals surface area contributed by atoms with Crippen molar-refractivity contribution >= 4 is 0 Å². The molecule has 14 heavy (non-hydrogen) atoms. The van der Waals surface area contributed by atoms with Gasteiger partial charge in [0, 0.05) is 12.1 Å². The first-order valence-electron chi connectivity index (χ1n) is 4.03. The first-order valence-corrected chi connectivity index (χ1v) is 4.03. The van der Waals surface area contributed by atoms with E-state index in [1.807, 2.05) is 0 Å². The molecule has 1 rings (SSSR count). The van der Waals surface area contributed by atoms with Crippen molar-refractivity contribution in [1.29, 1.82) is 0 Å². The van der Waals surface area contributed by atoms with Crippen LogP contribution < -0.4 is 5.32 Å². The molecule has 0 aromatic heterocycles. The van der Waals surface area contributed by atoms with Crippen LogP contribution in [0.3, 0.4) is 0 Å². The van der Waals surface area contributed by atoms with E-state index in [2.05, 4.69) is 5.32 Å². The summed E-state index contributed by atoms with van der Waals surface area (Å²) in [6.45, 7) is -0.635. The fourth-order valence-electron chi connectivity index (χ4n) is 1.00. The summed E-state index contributed by atoms with van der Waals surface area (Å²) < 4.78 is 48.9. The molecule has 0 aliphatic rings. The van der Waals surface area contributed by atoms with E-state index in [-0.39, 0.29) is 12.1 Å². The van der Waals surface area contributed by atoms with Crippen molar-refractivity contribution in [2.45, 2.75) is 13.0 Å². The zero-order chi connectivity index (χ0) is 10.6. The summed E-state index contributed by atoms with van der Waals surface area (Å²) >= 11 is 0. The van der Waals surface area contributed by atoms with Gasteiger partial charge in [-0.2, -0.15) is 0 Å². The van der Waals surface area contributed by atoms with Crippen molar-refractivity contribution in [3.8, 4) is 0 Å². The van der Waals surface area contributed by atoms with E-state index >= 15 is 0 Å². The van der Waals surface area contributed by atoms with Crippen molar-refractivity contribution in [3.05, 3.63) is 35.4 Å². The Morgan fingerprint density at radius 2 is 1.93 bits per heavy atom. The van der Waals surface area contributed by atoms with Crippen LogP contribution in [0.4, 0.5) is 17.6 Å². The maximum absolute atomic E-state index is 12.9. The lowest BCUT2D eigenvalue weighted by Crippen LogP contribution is -2.21. The minimum Gasteiger partial charge on any atom is -0.307 e. The van der Waals surface area contributed by atoms with Gasteiger partial charge in [0.25, 0.3) is 6.43 Å². The molecule has 0 amide bonds. The Hall–Kier alpha value is -1.10. The Morgan fingerprint density at radius 3 is 2.57 bits per heavy atom. The molecule has 0 spiro atoms. The molecule has 78 valence electrons. The number of rotatable bonds is 4. The lowest BCUT2D eigenvalue weighted by molar-refractivity contribution is 0.145. The van der Waals surface area contributed by atoms with Crippen LogP contribution in [0, 0.1) is 11.6 Å². The number of halogens is 4. The zero-order valence-electron chi connectivity index (χ0n) is 7.24. The Morgan fingerprint density at radius 1 is 1.21 bits per heavy atom. The fourth-order valence-corrected chi connectivity index (χ4v) is 1.00. The van der Waals surface area contributed by atoms with E-state index in [0.29, 0.717) is 0 Å². The molecular formula is C9H9F4N. The molecule has 0 saturated heterocycles. The Labute approximate surface area is 78.7 Å². The minimum absolute atomic E-state index is 0.0469. The van der Waals surface area contributed by atoms with Crippen molar-refractivity contribution in [1.82, 2.24) is 5.32 Å². The number of hydrogen-bond acceptors (Lipinski definition) is 1. The molecule has 0 unspecified atom stereocenters. The minimum atomic E-state index is -2.49. The Balaban J connectivity index is 2.54. The highest BCUT2D eigenvalue weighted by atomic mass is 19.3. The molecule has 1 aromatic rings. The number of benzene rings is 1. The largest absolute Gasteiger partial charge is 0.307 e. The molecule has 1 nitrogen and oxygen atoms in total. The molecule has 0 atom stereocenters. The highest BCUT2D eigenvalue weighted by Gasteiger charge is 2.07. The quantitative estimate of drug-likeness (QED) is 0.747. The summed E-state index contributed by atoms with van der Waals surface area (Å²) in [4.78, 5) is 0. The van der Waals surface area contributed by atoms with Crippen LogP contribution in [0.15, 0.2) is 18.2 Å². The molecule has 0 bridgehead atoms. The van der Waals surface area contributed by atoms with E-state index in [4.69, 9.17) is 0 Å². The summed E-state index contributed by atoms with van der Waals surface area (Å²) in [5, 5.41) is 2.31. The predicted octanol–water partition coefficient (Wildman–Crippen LogP) is 2.32. The van der Waals surface area contributed by atoms with Crippen molar-refractivity contribution < 1.29 is 17.6 Å². The molecule has 5 heteroatoms. The third-order valence-electron chi connectivity index (χ3n) is 1.65. The Kier molecular flexibility index (Phi) is 3.88. The molecule has 0 aliphatic carbocycles. The summed E-state index contributed by atoms with van der Waals surface area (Å²) in [6, 6.07) is 3.65. The number of hydrogen-bond donors (Lipinski definition) is 1. The number of alkyl halides is 2. The van der Waals surface area contributed by atoms with Gasteiger partial charge in [-0.1, -0.05) is 12.1 Å². The van der Waals surface area contributed by atoms with Crippen LogP contribution in [-0.2, 0) is 6.54 Å². The van der Waals surface area contributed by atoms with Gasteiger partial charge in [-0.05, 0) is 6.07 Å². The fraction of sp³-hybridized carbons (Fsp3) is 0.333. The highest BCUT2D eigenvalue weighted by molar-refractivity contribution is 5.18. The molecule has 0 heterocycles. The second kappa shape index (κ2) is 4.95. The topological polar surface area (TPSA) is 12.0 Å². The van der Waals surface area contributed by atoms with Crippen LogP contribution in [0.1, 0.15) is 5.56 Å². The second-order valence-corrected chi connectivity index (χ2v) is 2.73. The first-order chi connectivity index (χ1) is 6.61. The maximum Gasteiger partial charge on any atom is 0.250 e. The standard InChI is InChI=1S/C9H9F4N/c10-7-3-1-2-6(9(7)13)4-14-5-8(11)12/h1-3,8,14H,4-5H2. The summed E-state index contributed by atoms with van der Waals surface area (Å²) in [6.07, 6.45) is -2.49. The molecule has 0 saturated carbocycles. The van der Waals surface area contributed by atoms with Crippen LogP contribution in [0.5, 0.6) is 0 Å². The van der Waals surface area contributed by atoms with E-state index in [1.165, 1.54) is 12.1 Å². The van der Waals surface area contributed by atoms with Gasteiger partial charge in [0.2, 0.25) is 0 Å². The normalized spacial score (nSPS) is 10.9. The van der Waals surface area contributed by atoms with Crippen LogP contribution in [-0.4, -0.2) is 13.0 Å². The van der Waals surface area contributed by atoms with Gasteiger partial charge in [0.1, 0.15) is 0 Å². The molecule has 1 aromatic carbocycles. The van der Waals surface area contributed by atoms with E-state index in [1.54, 1.807) is 0 Å². The lowest BCUT2D eigenvalue weighted by Gasteiger charge is -2.05. The lowest BCUT2D eigenvalue weighted by atomic mass is 10.2.